The normalized spacial score (nSPS) is 19.6. The molecule has 108 valence electrons. The molecule has 5 nitrogen and oxygen atoms in total. The summed E-state index contributed by atoms with van der Waals surface area (Å²) in [5, 5.41) is 11.8. The van der Waals surface area contributed by atoms with Crippen LogP contribution >= 0.6 is 15.9 Å². The highest BCUT2D eigenvalue weighted by Gasteiger charge is 2.28. The van der Waals surface area contributed by atoms with Crippen molar-refractivity contribution in [3.8, 4) is 0 Å². The third-order valence-electron chi connectivity index (χ3n) is 3.17. The van der Waals surface area contributed by atoms with Crippen molar-refractivity contribution >= 4 is 27.8 Å². The van der Waals surface area contributed by atoms with Crippen molar-refractivity contribution in [3.63, 3.8) is 0 Å². The molecule has 2 rings (SSSR count). The summed E-state index contributed by atoms with van der Waals surface area (Å²) in [5.41, 5.74) is 0.847. The van der Waals surface area contributed by atoms with E-state index in [1.54, 1.807) is 0 Å². The number of aliphatic carboxylic acids is 1. The van der Waals surface area contributed by atoms with Gasteiger partial charge in [-0.2, -0.15) is 0 Å². The number of carbonyl (C=O) groups excluding carboxylic acids is 1. The zero-order valence-corrected chi connectivity index (χ0v) is 12.4. The Hall–Kier alpha value is -1.40. The molecule has 0 aliphatic carbocycles. The fourth-order valence-corrected chi connectivity index (χ4v) is 2.60. The molecule has 1 fully saturated rings. The van der Waals surface area contributed by atoms with Crippen LogP contribution < -0.4 is 5.32 Å². The van der Waals surface area contributed by atoms with Crippen LogP contribution in [0.4, 0.5) is 0 Å². The number of carbonyl (C=O) groups is 2. The Kier molecular flexibility index (Phi) is 5.14. The van der Waals surface area contributed by atoms with Crippen LogP contribution in [0.2, 0.25) is 0 Å². The lowest BCUT2D eigenvalue weighted by Crippen LogP contribution is -2.46. The van der Waals surface area contributed by atoms with Gasteiger partial charge in [-0.15, -0.1) is 0 Å². The van der Waals surface area contributed by atoms with E-state index in [0.717, 1.165) is 16.5 Å². The molecule has 1 aliphatic heterocycles. The van der Waals surface area contributed by atoms with Crippen molar-refractivity contribution in [2.24, 2.45) is 0 Å². The van der Waals surface area contributed by atoms with Crippen LogP contribution in [0.25, 0.3) is 0 Å². The van der Waals surface area contributed by atoms with Crippen molar-refractivity contribution in [1.29, 1.82) is 0 Å². The number of amides is 1. The van der Waals surface area contributed by atoms with Gasteiger partial charge in [0.2, 0.25) is 5.91 Å². The largest absolute Gasteiger partial charge is 0.480 e. The smallest absolute Gasteiger partial charge is 0.326 e. The van der Waals surface area contributed by atoms with Crippen molar-refractivity contribution in [2.45, 2.75) is 31.4 Å². The van der Waals surface area contributed by atoms with E-state index in [9.17, 15) is 14.7 Å². The summed E-state index contributed by atoms with van der Waals surface area (Å²) in [6.07, 6.45) is 1.21. The first-order valence-corrected chi connectivity index (χ1v) is 7.25. The Bertz CT molecular complexity index is 500. The zero-order valence-electron chi connectivity index (χ0n) is 10.8. The van der Waals surface area contributed by atoms with E-state index in [-0.39, 0.29) is 12.3 Å². The standard InChI is InChI=1S/C14H16BrNO4/c15-10-4-1-3-9(7-10)8-11(14(18)19)16-13(17)12-5-2-6-20-12/h1,3-4,7,11-12H,2,5-6,8H2,(H,16,17)(H,18,19)/t11-,12-/m1/s1. The maximum Gasteiger partial charge on any atom is 0.326 e. The third-order valence-corrected chi connectivity index (χ3v) is 3.66. The number of carboxylic acids is 1. The minimum Gasteiger partial charge on any atom is -0.480 e. The number of hydrogen-bond acceptors (Lipinski definition) is 3. The van der Waals surface area contributed by atoms with E-state index in [0.29, 0.717) is 13.0 Å². The van der Waals surface area contributed by atoms with Gasteiger partial charge in [-0.05, 0) is 30.5 Å². The summed E-state index contributed by atoms with van der Waals surface area (Å²) in [6.45, 7) is 0.557. The quantitative estimate of drug-likeness (QED) is 0.855. The number of rotatable bonds is 5. The Morgan fingerprint density at radius 1 is 1.50 bits per heavy atom. The molecule has 1 heterocycles. The molecular weight excluding hydrogens is 326 g/mol. The summed E-state index contributed by atoms with van der Waals surface area (Å²) in [5.74, 6) is -1.39. The second-order valence-corrected chi connectivity index (χ2v) is 5.65. The van der Waals surface area contributed by atoms with Gasteiger partial charge >= 0.3 is 5.97 Å². The second-order valence-electron chi connectivity index (χ2n) is 4.74. The molecule has 0 spiro atoms. The van der Waals surface area contributed by atoms with Gasteiger partial charge in [-0.1, -0.05) is 28.1 Å². The van der Waals surface area contributed by atoms with Gasteiger partial charge in [0.1, 0.15) is 12.1 Å². The molecule has 1 aromatic carbocycles. The highest BCUT2D eigenvalue weighted by Crippen LogP contribution is 2.15. The minimum absolute atomic E-state index is 0.243. The number of benzene rings is 1. The molecule has 0 saturated carbocycles. The van der Waals surface area contributed by atoms with Crippen molar-refractivity contribution in [2.75, 3.05) is 6.61 Å². The molecular formula is C14H16BrNO4. The lowest BCUT2D eigenvalue weighted by atomic mass is 10.1. The van der Waals surface area contributed by atoms with Gasteiger partial charge < -0.3 is 15.2 Å². The highest BCUT2D eigenvalue weighted by atomic mass is 79.9. The number of hydrogen-bond donors (Lipinski definition) is 2. The predicted octanol–water partition coefficient (Wildman–Crippen LogP) is 1.74. The van der Waals surface area contributed by atoms with E-state index >= 15 is 0 Å². The van der Waals surface area contributed by atoms with Crippen LogP contribution in [0.1, 0.15) is 18.4 Å². The molecule has 1 amide bonds. The van der Waals surface area contributed by atoms with Gasteiger partial charge in [-0.25, -0.2) is 4.79 Å². The molecule has 2 atom stereocenters. The summed E-state index contributed by atoms with van der Waals surface area (Å²) in [7, 11) is 0. The molecule has 6 heteroatoms. The van der Waals surface area contributed by atoms with Crippen LogP contribution in [-0.2, 0) is 20.7 Å². The first-order chi connectivity index (χ1) is 9.56. The molecule has 1 aromatic rings. The fraction of sp³-hybridized carbons (Fsp3) is 0.429. The van der Waals surface area contributed by atoms with Gasteiger partial charge in [0.05, 0.1) is 0 Å². The Balaban J connectivity index is 2.00. The Morgan fingerprint density at radius 2 is 2.30 bits per heavy atom. The number of carboxylic acid groups (broad SMARTS) is 1. The maximum atomic E-state index is 11.9. The van der Waals surface area contributed by atoms with Crippen LogP contribution in [0.15, 0.2) is 28.7 Å². The lowest BCUT2D eigenvalue weighted by molar-refractivity contribution is -0.143. The molecule has 0 radical (unpaired) electrons. The minimum atomic E-state index is -1.05. The molecule has 0 bridgehead atoms. The van der Waals surface area contributed by atoms with E-state index in [1.807, 2.05) is 24.3 Å². The Morgan fingerprint density at radius 3 is 2.90 bits per heavy atom. The predicted molar refractivity (Wildman–Crippen MR) is 76.4 cm³/mol. The van der Waals surface area contributed by atoms with Gasteiger partial charge in [0, 0.05) is 17.5 Å². The molecule has 1 saturated heterocycles. The zero-order chi connectivity index (χ0) is 14.5. The number of ether oxygens (including phenoxy) is 1. The summed E-state index contributed by atoms with van der Waals surface area (Å²) < 4.78 is 6.13. The van der Waals surface area contributed by atoms with E-state index in [4.69, 9.17) is 4.74 Å². The van der Waals surface area contributed by atoms with Gasteiger partial charge in [0.25, 0.3) is 0 Å². The number of halogens is 1. The molecule has 20 heavy (non-hydrogen) atoms. The van der Waals surface area contributed by atoms with E-state index in [2.05, 4.69) is 21.2 Å². The molecule has 2 N–H and O–H groups in total. The highest BCUT2D eigenvalue weighted by molar-refractivity contribution is 9.10. The topological polar surface area (TPSA) is 75.6 Å². The summed E-state index contributed by atoms with van der Waals surface area (Å²) >= 11 is 3.34. The first kappa shape index (κ1) is 15.0. The van der Waals surface area contributed by atoms with Crippen LogP contribution in [0, 0.1) is 0 Å². The first-order valence-electron chi connectivity index (χ1n) is 6.45. The second kappa shape index (κ2) is 6.85. The molecule has 0 aromatic heterocycles. The summed E-state index contributed by atoms with van der Waals surface area (Å²) in [4.78, 5) is 23.2. The van der Waals surface area contributed by atoms with Gasteiger partial charge in [-0.3, -0.25) is 4.79 Å². The van der Waals surface area contributed by atoms with Crippen LogP contribution in [0.5, 0.6) is 0 Å². The maximum absolute atomic E-state index is 11.9. The SMILES string of the molecule is O=C(O)[C@@H](Cc1cccc(Br)c1)NC(=O)[C@H]1CCCO1. The van der Waals surface area contributed by atoms with Crippen molar-refractivity contribution < 1.29 is 19.4 Å². The van der Waals surface area contributed by atoms with Crippen LogP contribution in [0.3, 0.4) is 0 Å². The lowest BCUT2D eigenvalue weighted by Gasteiger charge is -2.17. The average molecular weight is 342 g/mol. The van der Waals surface area contributed by atoms with E-state index < -0.39 is 18.1 Å². The van der Waals surface area contributed by atoms with Crippen molar-refractivity contribution in [3.05, 3.63) is 34.3 Å². The monoisotopic (exact) mass is 341 g/mol. The molecule has 1 aliphatic rings. The number of nitrogens with one attached hydrogen (secondary N) is 1. The fourth-order valence-electron chi connectivity index (χ4n) is 2.15. The van der Waals surface area contributed by atoms with Crippen LogP contribution in [-0.4, -0.2) is 35.7 Å². The third kappa shape index (κ3) is 4.05. The van der Waals surface area contributed by atoms with Crippen molar-refractivity contribution in [1.82, 2.24) is 5.32 Å². The van der Waals surface area contributed by atoms with E-state index in [1.165, 1.54) is 0 Å². The Labute approximate surface area is 125 Å². The molecule has 0 unspecified atom stereocenters. The summed E-state index contributed by atoms with van der Waals surface area (Å²) in [6, 6.07) is 6.43. The van der Waals surface area contributed by atoms with Gasteiger partial charge in [0.15, 0.2) is 0 Å². The average Bonchev–Trinajstić information content (AvgIpc) is 2.91.